The zero-order chi connectivity index (χ0) is 23.2. The van der Waals surface area contributed by atoms with Crippen molar-refractivity contribution in [3.05, 3.63) is 59.7 Å². The smallest absolute Gasteiger partial charge is 0.407 e. The highest BCUT2D eigenvalue weighted by Gasteiger charge is 2.55. The van der Waals surface area contributed by atoms with Gasteiger partial charge in [-0.2, -0.15) is 0 Å². The zero-order valence-corrected chi connectivity index (χ0v) is 19.1. The number of nitrogens with one attached hydrogen (secondary N) is 1. The lowest BCUT2D eigenvalue weighted by molar-refractivity contribution is -0.151. The predicted molar refractivity (Wildman–Crippen MR) is 125 cm³/mol. The normalized spacial score (nSPS) is 22.4. The molecule has 0 bridgehead atoms. The summed E-state index contributed by atoms with van der Waals surface area (Å²) in [5, 5.41) is 12.0. The van der Waals surface area contributed by atoms with Crippen LogP contribution in [0.3, 0.4) is 0 Å². The Morgan fingerprint density at radius 2 is 1.70 bits per heavy atom. The summed E-state index contributed by atoms with van der Waals surface area (Å²) in [6.45, 7) is 2.21. The maximum Gasteiger partial charge on any atom is 0.407 e. The lowest BCUT2D eigenvalue weighted by Gasteiger charge is -2.29. The number of carboxylic acids is 1. The largest absolute Gasteiger partial charge is 0.480 e. The van der Waals surface area contributed by atoms with Gasteiger partial charge in [-0.15, -0.1) is 11.8 Å². The Hall–Kier alpha value is -3.00. The van der Waals surface area contributed by atoms with Gasteiger partial charge in [0, 0.05) is 18.2 Å². The molecule has 2 fully saturated rings. The van der Waals surface area contributed by atoms with E-state index in [0.717, 1.165) is 22.3 Å². The van der Waals surface area contributed by atoms with Gasteiger partial charge in [0.2, 0.25) is 5.91 Å². The fourth-order valence-electron chi connectivity index (χ4n) is 4.92. The van der Waals surface area contributed by atoms with Crippen LogP contribution in [0.2, 0.25) is 0 Å². The minimum absolute atomic E-state index is 0.0292. The number of rotatable bonds is 6. The van der Waals surface area contributed by atoms with E-state index < -0.39 is 23.5 Å². The zero-order valence-electron chi connectivity index (χ0n) is 18.3. The number of alkyl carbamates (subject to hydrolysis) is 1. The van der Waals surface area contributed by atoms with E-state index in [1.165, 1.54) is 16.7 Å². The number of hydrogen-bond acceptors (Lipinski definition) is 5. The number of hydrogen-bond donors (Lipinski definition) is 2. The first kappa shape index (κ1) is 21.8. The van der Waals surface area contributed by atoms with Crippen molar-refractivity contribution in [2.24, 2.45) is 5.41 Å². The molecule has 1 heterocycles. The molecule has 33 heavy (non-hydrogen) atoms. The van der Waals surface area contributed by atoms with Crippen molar-refractivity contribution >= 4 is 29.7 Å². The Morgan fingerprint density at radius 3 is 2.27 bits per heavy atom. The van der Waals surface area contributed by atoms with E-state index in [0.29, 0.717) is 18.6 Å². The number of carbonyl (C=O) groups excluding carboxylic acids is 2. The van der Waals surface area contributed by atoms with E-state index in [4.69, 9.17) is 4.74 Å². The molecule has 0 spiro atoms. The summed E-state index contributed by atoms with van der Waals surface area (Å²) in [6.07, 6.45) is 0.709. The molecule has 172 valence electrons. The molecule has 1 aliphatic heterocycles. The molecule has 2 unspecified atom stereocenters. The molecular weight excluding hydrogens is 440 g/mol. The number of carbonyl (C=O) groups is 3. The van der Waals surface area contributed by atoms with Crippen molar-refractivity contribution in [2.75, 3.05) is 18.9 Å². The highest BCUT2D eigenvalue weighted by molar-refractivity contribution is 8.00. The Bertz CT molecular complexity index is 1070. The van der Waals surface area contributed by atoms with E-state index in [9.17, 15) is 19.5 Å². The van der Waals surface area contributed by atoms with Gasteiger partial charge in [-0.3, -0.25) is 4.79 Å². The summed E-state index contributed by atoms with van der Waals surface area (Å²) in [5.74, 6) is -0.816. The average molecular weight is 467 g/mol. The van der Waals surface area contributed by atoms with Crippen molar-refractivity contribution in [2.45, 2.75) is 37.1 Å². The van der Waals surface area contributed by atoms with E-state index >= 15 is 0 Å². The number of amides is 2. The van der Waals surface area contributed by atoms with Crippen LogP contribution < -0.4 is 5.32 Å². The Kier molecular flexibility index (Phi) is 5.56. The molecule has 2 aromatic rings. The molecule has 1 saturated heterocycles. The average Bonchev–Trinajstić information content (AvgIpc) is 3.41. The Morgan fingerprint density at radius 1 is 1.09 bits per heavy atom. The Labute approximate surface area is 196 Å². The van der Waals surface area contributed by atoms with E-state index in [2.05, 4.69) is 29.6 Å². The summed E-state index contributed by atoms with van der Waals surface area (Å²) in [5.41, 5.74) is 3.88. The lowest BCUT2D eigenvalue weighted by Crippen LogP contribution is -2.50. The third-order valence-corrected chi connectivity index (χ3v) is 8.18. The van der Waals surface area contributed by atoms with E-state index in [-0.39, 0.29) is 30.4 Å². The second-order valence-electron chi connectivity index (χ2n) is 8.96. The van der Waals surface area contributed by atoms with Crippen molar-refractivity contribution in [1.82, 2.24) is 10.2 Å². The van der Waals surface area contributed by atoms with Gasteiger partial charge in [-0.25, -0.2) is 9.59 Å². The molecule has 2 amide bonds. The monoisotopic (exact) mass is 466 g/mol. The van der Waals surface area contributed by atoms with Crippen LogP contribution in [-0.2, 0) is 14.3 Å². The molecule has 2 aliphatic carbocycles. The fraction of sp³-hybridized carbons (Fsp3) is 0.400. The van der Waals surface area contributed by atoms with Gasteiger partial charge in [0.1, 0.15) is 12.6 Å². The van der Waals surface area contributed by atoms with Gasteiger partial charge >= 0.3 is 12.1 Å². The van der Waals surface area contributed by atoms with Gasteiger partial charge in [-0.05, 0) is 42.0 Å². The Balaban J connectivity index is 1.21. The molecule has 8 heteroatoms. The van der Waals surface area contributed by atoms with Gasteiger partial charge in [0.15, 0.2) is 0 Å². The summed E-state index contributed by atoms with van der Waals surface area (Å²) < 4.78 is 5.58. The minimum Gasteiger partial charge on any atom is -0.480 e. The number of carboxylic acid groups (broad SMARTS) is 1. The molecule has 5 rings (SSSR count). The van der Waals surface area contributed by atoms with Crippen LogP contribution in [0.4, 0.5) is 4.79 Å². The standard InChI is InChI=1S/C25H26N2O5S/c1-15-27(21(13-33-15)22(28)29)23(30)25(10-11-25)14-26-24(31)32-12-20-18-8-4-2-6-16(18)17-7-3-5-9-19(17)20/h2-9,15,20-21H,10-14H2,1H3,(H,26,31)(H,28,29). The first-order valence-corrected chi connectivity index (χ1v) is 12.2. The second kappa shape index (κ2) is 8.41. The third-order valence-electron chi connectivity index (χ3n) is 6.96. The fourth-order valence-corrected chi connectivity index (χ4v) is 6.09. The van der Waals surface area contributed by atoms with Gasteiger partial charge in [-0.1, -0.05) is 48.5 Å². The topological polar surface area (TPSA) is 95.9 Å². The number of benzene rings is 2. The maximum absolute atomic E-state index is 13.2. The first-order valence-electron chi connectivity index (χ1n) is 11.2. The first-order chi connectivity index (χ1) is 15.9. The van der Waals surface area contributed by atoms with Crippen molar-refractivity contribution in [3.63, 3.8) is 0 Å². The molecular formula is C25H26N2O5S. The van der Waals surface area contributed by atoms with Crippen LogP contribution in [0.15, 0.2) is 48.5 Å². The van der Waals surface area contributed by atoms with Crippen molar-refractivity contribution in [1.29, 1.82) is 0 Å². The molecule has 0 radical (unpaired) electrons. The summed E-state index contributed by atoms with van der Waals surface area (Å²) in [7, 11) is 0. The summed E-state index contributed by atoms with van der Waals surface area (Å²) in [6, 6.07) is 15.5. The summed E-state index contributed by atoms with van der Waals surface area (Å²) >= 11 is 1.46. The molecule has 7 nitrogen and oxygen atoms in total. The highest BCUT2D eigenvalue weighted by atomic mass is 32.2. The number of nitrogens with zero attached hydrogens (tertiary/aromatic N) is 1. The lowest BCUT2D eigenvalue weighted by atomic mass is 9.98. The number of thioether (sulfide) groups is 1. The van der Waals surface area contributed by atoms with Crippen LogP contribution in [0.25, 0.3) is 11.1 Å². The maximum atomic E-state index is 13.2. The highest BCUT2D eigenvalue weighted by Crippen LogP contribution is 2.49. The predicted octanol–water partition coefficient (Wildman–Crippen LogP) is 3.68. The minimum atomic E-state index is -0.986. The van der Waals surface area contributed by atoms with Gasteiger partial charge in [0.05, 0.1) is 10.8 Å². The molecule has 3 aliphatic rings. The van der Waals surface area contributed by atoms with Gasteiger partial charge < -0.3 is 20.1 Å². The van der Waals surface area contributed by atoms with Gasteiger partial charge in [0.25, 0.3) is 0 Å². The van der Waals surface area contributed by atoms with Crippen LogP contribution >= 0.6 is 11.8 Å². The van der Waals surface area contributed by atoms with Crippen LogP contribution in [0.5, 0.6) is 0 Å². The molecule has 0 aromatic heterocycles. The van der Waals surface area contributed by atoms with E-state index in [1.54, 1.807) is 0 Å². The third kappa shape index (κ3) is 3.86. The number of aliphatic carboxylic acids is 1. The second-order valence-corrected chi connectivity index (χ2v) is 10.3. The van der Waals surface area contributed by atoms with E-state index in [1.807, 2.05) is 31.2 Å². The van der Waals surface area contributed by atoms with Crippen LogP contribution in [0.1, 0.15) is 36.8 Å². The van der Waals surface area contributed by atoms with Crippen LogP contribution in [-0.4, -0.2) is 58.3 Å². The summed E-state index contributed by atoms with van der Waals surface area (Å²) in [4.78, 5) is 38.7. The molecule has 2 atom stereocenters. The number of ether oxygens (including phenoxy) is 1. The molecule has 1 saturated carbocycles. The molecule has 2 aromatic carbocycles. The van der Waals surface area contributed by atoms with Crippen LogP contribution in [0, 0.1) is 5.41 Å². The SMILES string of the molecule is CC1SCC(C(=O)O)N1C(=O)C1(CNC(=O)OCC2c3ccccc3-c3ccccc32)CC1. The number of fused-ring (bicyclic) bond motifs is 3. The van der Waals surface area contributed by atoms with Crippen molar-refractivity contribution < 1.29 is 24.2 Å². The van der Waals surface area contributed by atoms with Crippen molar-refractivity contribution in [3.8, 4) is 11.1 Å². The quantitative estimate of drug-likeness (QED) is 0.674. The molecule has 2 N–H and O–H groups in total.